The zero-order valence-corrected chi connectivity index (χ0v) is 16.9. The number of benzene rings is 2. The summed E-state index contributed by atoms with van der Waals surface area (Å²) in [7, 11) is -3.72. The molecule has 0 aliphatic carbocycles. The van der Waals surface area contributed by atoms with E-state index in [1.807, 2.05) is 0 Å². The Balaban J connectivity index is 2.37. The summed E-state index contributed by atoms with van der Waals surface area (Å²) < 4.78 is 30.9. The van der Waals surface area contributed by atoms with Gasteiger partial charge >= 0.3 is 5.97 Å². The molecular weight excluding hydrogens is 380 g/mol. The summed E-state index contributed by atoms with van der Waals surface area (Å²) in [5.74, 6) is -1.09. The maximum absolute atomic E-state index is 13.0. The minimum atomic E-state index is -3.72. The third-order valence-electron chi connectivity index (χ3n) is 4.02. The molecule has 28 heavy (non-hydrogen) atoms. The Bertz CT molecular complexity index is 929. The van der Waals surface area contributed by atoms with E-state index in [-0.39, 0.29) is 24.3 Å². The Morgan fingerprint density at radius 2 is 1.64 bits per heavy atom. The Kier molecular flexibility index (Phi) is 7.17. The molecule has 1 amide bonds. The Morgan fingerprint density at radius 1 is 1.04 bits per heavy atom. The predicted molar refractivity (Wildman–Crippen MR) is 109 cm³/mol. The van der Waals surface area contributed by atoms with Crippen LogP contribution in [-0.4, -0.2) is 39.2 Å². The molecule has 0 aromatic heterocycles. The van der Waals surface area contributed by atoms with Gasteiger partial charge in [0, 0.05) is 0 Å². The van der Waals surface area contributed by atoms with Crippen LogP contribution in [0, 0.1) is 0 Å². The standard InChI is InChI=1S/C20H24N2O5S/c1-4-18(22(28(3,25)26)15-11-7-6-8-12-15)19(23)21-17-14-10-9-13-16(17)20(24)27-5-2/h6-14,18H,4-5H2,1-3H3,(H,21,23). The molecule has 0 fully saturated rings. The van der Waals surface area contributed by atoms with Crippen molar-refractivity contribution in [3.05, 3.63) is 60.2 Å². The zero-order chi connectivity index (χ0) is 20.7. The van der Waals surface area contributed by atoms with Crippen LogP contribution in [0.4, 0.5) is 11.4 Å². The van der Waals surface area contributed by atoms with Gasteiger partial charge in [-0.2, -0.15) is 0 Å². The third kappa shape index (κ3) is 5.10. The summed E-state index contributed by atoms with van der Waals surface area (Å²) in [5, 5.41) is 2.68. The van der Waals surface area contributed by atoms with Gasteiger partial charge in [-0.15, -0.1) is 0 Å². The first kappa shape index (κ1) is 21.4. The highest BCUT2D eigenvalue weighted by molar-refractivity contribution is 7.92. The number of esters is 1. The van der Waals surface area contributed by atoms with Crippen LogP contribution in [-0.2, 0) is 19.6 Å². The van der Waals surface area contributed by atoms with Crippen molar-refractivity contribution in [2.45, 2.75) is 26.3 Å². The molecule has 0 heterocycles. The highest BCUT2D eigenvalue weighted by atomic mass is 32.2. The Hall–Kier alpha value is -2.87. The lowest BCUT2D eigenvalue weighted by atomic mass is 10.1. The van der Waals surface area contributed by atoms with Gasteiger partial charge in [-0.25, -0.2) is 13.2 Å². The summed E-state index contributed by atoms with van der Waals surface area (Å²) in [4.78, 5) is 25.1. The average molecular weight is 404 g/mol. The molecule has 0 saturated carbocycles. The lowest BCUT2D eigenvalue weighted by Crippen LogP contribution is -2.47. The van der Waals surface area contributed by atoms with E-state index in [0.29, 0.717) is 5.69 Å². The largest absolute Gasteiger partial charge is 0.462 e. The van der Waals surface area contributed by atoms with Crippen molar-refractivity contribution in [1.82, 2.24) is 0 Å². The fourth-order valence-electron chi connectivity index (χ4n) is 2.83. The number of sulfonamides is 1. The van der Waals surface area contributed by atoms with Crippen LogP contribution in [0.3, 0.4) is 0 Å². The van der Waals surface area contributed by atoms with Gasteiger partial charge in [0.2, 0.25) is 15.9 Å². The number of carbonyl (C=O) groups excluding carboxylic acids is 2. The van der Waals surface area contributed by atoms with E-state index < -0.39 is 27.9 Å². The molecule has 0 radical (unpaired) electrons. The van der Waals surface area contributed by atoms with E-state index in [1.54, 1.807) is 68.4 Å². The van der Waals surface area contributed by atoms with E-state index >= 15 is 0 Å². The third-order valence-corrected chi connectivity index (χ3v) is 5.20. The first-order chi connectivity index (χ1) is 13.3. The fourth-order valence-corrected chi connectivity index (χ4v) is 4.04. The van der Waals surface area contributed by atoms with Crippen molar-refractivity contribution in [2.24, 2.45) is 0 Å². The van der Waals surface area contributed by atoms with Crippen molar-refractivity contribution in [3.63, 3.8) is 0 Å². The molecule has 2 aromatic carbocycles. The van der Waals surface area contributed by atoms with Crippen molar-refractivity contribution in [1.29, 1.82) is 0 Å². The average Bonchev–Trinajstić information content (AvgIpc) is 2.66. The zero-order valence-electron chi connectivity index (χ0n) is 16.1. The molecule has 0 bridgehead atoms. The molecule has 0 aliphatic rings. The van der Waals surface area contributed by atoms with Crippen LogP contribution in [0.15, 0.2) is 54.6 Å². The van der Waals surface area contributed by atoms with Gasteiger partial charge in [0.05, 0.1) is 29.8 Å². The van der Waals surface area contributed by atoms with Gasteiger partial charge in [-0.1, -0.05) is 37.3 Å². The first-order valence-electron chi connectivity index (χ1n) is 8.91. The number of nitrogens with zero attached hydrogens (tertiary/aromatic N) is 1. The maximum Gasteiger partial charge on any atom is 0.340 e. The smallest absolute Gasteiger partial charge is 0.340 e. The molecule has 0 saturated heterocycles. The molecule has 7 nitrogen and oxygen atoms in total. The van der Waals surface area contributed by atoms with Crippen LogP contribution in [0.1, 0.15) is 30.6 Å². The van der Waals surface area contributed by atoms with Crippen LogP contribution in [0.2, 0.25) is 0 Å². The highest BCUT2D eigenvalue weighted by Gasteiger charge is 2.32. The van der Waals surface area contributed by atoms with E-state index in [1.165, 1.54) is 0 Å². The number of anilines is 2. The molecule has 1 N–H and O–H groups in total. The number of nitrogens with one attached hydrogen (secondary N) is 1. The monoisotopic (exact) mass is 404 g/mol. The predicted octanol–water partition coefficient (Wildman–Crippen LogP) is 3.05. The molecule has 1 atom stereocenters. The topological polar surface area (TPSA) is 92.8 Å². The number of carbonyl (C=O) groups is 2. The number of hydrogen-bond donors (Lipinski definition) is 1. The van der Waals surface area contributed by atoms with Crippen molar-refractivity contribution < 1.29 is 22.7 Å². The Morgan fingerprint density at radius 3 is 2.21 bits per heavy atom. The number of ether oxygens (including phenoxy) is 1. The second kappa shape index (κ2) is 9.36. The van der Waals surface area contributed by atoms with Crippen LogP contribution in [0.5, 0.6) is 0 Å². The summed E-state index contributed by atoms with van der Waals surface area (Å²) in [6.07, 6.45) is 1.30. The van der Waals surface area contributed by atoms with Gasteiger partial charge in [0.15, 0.2) is 0 Å². The van der Waals surface area contributed by atoms with Crippen molar-refractivity contribution >= 4 is 33.3 Å². The van der Waals surface area contributed by atoms with E-state index in [2.05, 4.69) is 5.32 Å². The molecule has 0 spiro atoms. The number of para-hydroxylation sites is 2. The van der Waals surface area contributed by atoms with E-state index in [0.717, 1.165) is 10.6 Å². The van der Waals surface area contributed by atoms with Crippen LogP contribution in [0.25, 0.3) is 0 Å². The van der Waals surface area contributed by atoms with Gasteiger partial charge < -0.3 is 10.1 Å². The minimum absolute atomic E-state index is 0.203. The van der Waals surface area contributed by atoms with E-state index in [9.17, 15) is 18.0 Å². The molecule has 1 unspecified atom stereocenters. The summed E-state index contributed by atoms with van der Waals surface area (Å²) in [6.45, 7) is 3.62. The van der Waals surface area contributed by atoms with Gasteiger partial charge in [-0.3, -0.25) is 9.10 Å². The number of amides is 1. The fraction of sp³-hybridized carbons (Fsp3) is 0.300. The Labute approximate surface area is 165 Å². The van der Waals surface area contributed by atoms with Crippen LogP contribution >= 0.6 is 0 Å². The highest BCUT2D eigenvalue weighted by Crippen LogP contribution is 2.24. The first-order valence-corrected chi connectivity index (χ1v) is 10.8. The van der Waals surface area contributed by atoms with Gasteiger partial charge in [-0.05, 0) is 37.6 Å². The molecule has 0 aliphatic heterocycles. The SMILES string of the molecule is CCOC(=O)c1ccccc1NC(=O)C(CC)N(c1ccccc1)S(C)(=O)=O. The second-order valence-electron chi connectivity index (χ2n) is 6.07. The number of rotatable bonds is 8. The number of hydrogen-bond acceptors (Lipinski definition) is 5. The van der Waals surface area contributed by atoms with E-state index in [4.69, 9.17) is 4.74 Å². The summed E-state index contributed by atoms with van der Waals surface area (Å²) >= 11 is 0. The quantitative estimate of drug-likeness (QED) is 0.683. The van der Waals surface area contributed by atoms with Crippen molar-refractivity contribution in [3.8, 4) is 0 Å². The molecule has 2 aromatic rings. The minimum Gasteiger partial charge on any atom is -0.462 e. The summed E-state index contributed by atoms with van der Waals surface area (Å²) in [6, 6.07) is 13.9. The van der Waals surface area contributed by atoms with Crippen LogP contribution < -0.4 is 9.62 Å². The summed E-state index contributed by atoms with van der Waals surface area (Å²) in [5.41, 5.74) is 0.870. The molecule has 8 heteroatoms. The maximum atomic E-state index is 13.0. The van der Waals surface area contributed by atoms with Gasteiger partial charge in [0.1, 0.15) is 6.04 Å². The lowest BCUT2D eigenvalue weighted by Gasteiger charge is -2.30. The lowest BCUT2D eigenvalue weighted by molar-refractivity contribution is -0.117. The molecule has 150 valence electrons. The molecule has 2 rings (SSSR count). The second-order valence-corrected chi connectivity index (χ2v) is 7.93. The molecular formula is C20H24N2O5S. The van der Waals surface area contributed by atoms with Crippen molar-refractivity contribution in [2.75, 3.05) is 22.5 Å². The van der Waals surface area contributed by atoms with Gasteiger partial charge in [0.25, 0.3) is 0 Å². The normalized spacial score (nSPS) is 12.1.